The van der Waals surface area contributed by atoms with E-state index < -0.39 is 5.97 Å². The van der Waals surface area contributed by atoms with Crippen molar-refractivity contribution >= 4 is 23.5 Å². The Morgan fingerprint density at radius 3 is 2.74 bits per heavy atom. The van der Waals surface area contributed by atoms with Crippen LogP contribution in [0.5, 0.6) is 0 Å². The van der Waals surface area contributed by atoms with Crippen LogP contribution in [0.3, 0.4) is 0 Å². The molecule has 0 bridgehead atoms. The van der Waals surface area contributed by atoms with Crippen LogP contribution in [0, 0.1) is 13.8 Å². The first kappa shape index (κ1) is 19.5. The third-order valence-corrected chi connectivity index (χ3v) is 5.55. The molecule has 6 heteroatoms. The first-order valence-corrected chi connectivity index (χ1v) is 9.72. The first-order valence-electron chi connectivity index (χ1n) is 9.34. The van der Waals surface area contributed by atoms with Crippen LogP contribution < -0.4 is 0 Å². The summed E-state index contributed by atoms with van der Waals surface area (Å²) in [6.07, 6.45) is 2.64. The number of esters is 1. The number of aromatic amines is 1. The summed E-state index contributed by atoms with van der Waals surface area (Å²) in [7, 11) is 0. The van der Waals surface area contributed by atoms with E-state index in [0.29, 0.717) is 35.7 Å². The van der Waals surface area contributed by atoms with Crippen LogP contribution in [0.15, 0.2) is 24.3 Å². The van der Waals surface area contributed by atoms with Gasteiger partial charge in [0.05, 0.1) is 12.2 Å². The molecule has 5 nitrogen and oxygen atoms in total. The van der Waals surface area contributed by atoms with E-state index in [0.717, 1.165) is 29.8 Å². The number of nitrogens with one attached hydrogen (secondary N) is 1. The zero-order valence-electron chi connectivity index (χ0n) is 16.0. The smallest absolute Gasteiger partial charge is 0.340 e. The zero-order valence-corrected chi connectivity index (χ0v) is 16.7. The van der Waals surface area contributed by atoms with Crippen molar-refractivity contribution < 1.29 is 14.3 Å². The van der Waals surface area contributed by atoms with Gasteiger partial charge in [0.15, 0.2) is 0 Å². The molecule has 1 aromatic carbocycles. The van der Waals surface area contributed by atoms with Gasteiger partial charge in [-0.1, -0.05) is 29.8 Å². The number of benzene rings is 1. The van der Waals surface area contributed by atoms with Gasteiger partial charge in [0.2, 0.25) is 0 Å². The highest BCUT2D eigenvalue weighted by Gasteiger charge is 2.33. The molecule has 0 spiro atoms. The standard InChI is InChI=1S/C21H25ClN2O3/c1-4-27-21(26)18-13(2)19(23-14(18)3)20(25)24-11-7-9-16(24)12-15-8-5-6-10-17(15)22/h5-6,8,10,16,23H,4,7,9,11-12H2,1-3H3. The lowest BCUT2D eigenvalue weighted by Crippen LogP contribution is -2.37. The van der Waals surface area contributed by atoms with Crippen LogP contribution in [0.1, 0.15) is 57.4 Å². The second-order valence-corrected chi connectivity index (χ2v) is 7.34. The van der Waals surface area contributed by atoms with Gasteiger partial charge >= 0.3 is 5.97 Å². The number of ether oxygens (including phenoxy) is 1. The Balaban J connectivity index is 1.84. The second-order valence-electron chi connectivity index (χ2n) is 6.94. The van der Waals surface area contributed by atoms with E-state index in [-0.39, 0.29) is 11.9 Å². The number of halogens is 1. The predicted molar refractivity (Wildman–Crippen MR) is 105 cm³/mol. The largest absolute Gasteiger partial charge is 0.462 e. The van der Waals surface area contributed by atoms with Gasteiger partial charge in [0.25, 0.3) is 5.91 Å². The van der Waals surface area contributed by atoms with E-state index in [1.54, 1.807) is 20.8 Å². The van der Waals surface area contributed by atoms with E-state index in [1.165, 1.54) is 0 Å². The summed E-state index contributed by atoms with van der Waals surface area (Å²) in [6, 6.07) is 7.86. The third kappa shape index (κ3) is 3.88. The summed E-state index contributed by atoms with van der Waals surface area (Å²) < 4.78 is 5.12. The number of aryl methyl sites for hydroxylation is 1. The molecule has 2 aromatic rings. The fourth-order valence-corrected chi connectivity index (χ4v) is 4.06. The van der Waals surface area contributed by atoms with E-state index in [4.69, 9.17) is 16.3 Å². The molecule has 27 heavy (non-hydrogen) atoms. The summed E-state index contributed by atoms with van der Waals surface area (Å²) in [5.41, 5.74) is 3.30. The van der Waals surface area contributed by atoms with Crippen molar-refractivity contribution in [2.45, 2.75) is 46.1 Å². The monoisotopic (exact) mass is 388 g/mol. The maximum absolute atomic E-state index is 13.2. The van der Waals surface area contributed by atoms with Gasteiger partial charge in [-0.2, -0.15) is 0 Å². The molecule has 1 atom stereocenters. The van der Waals surface area contributed by atoms with Crippen molar-refractivity contribution in [3.63, 3.8) is 0 Å². The Morgan fingerprint density at radius 2 is 2.04 bits per heavy atom. The molecule has 1 fully saturated rings. The van der Waals surface area contributed by atoms with Crippen LogP contribution in [0.25, 0.3) is 0 Å². The van der Waals surface area contributed by atoms with Crippen molar-refractivity contribution in [2.24, 2.45) is 0 Å². The van der Waals surface area contributed by atoms with Crippen molar-refractivity contribution in [3.05, 3.63) is 57.4 Å². The molecular formula is C21H25ClN2O3. The molecule has 0 radical (unpaired) electrons. The van der Waals surface area contributed by atoms with Gasteiger partial charge in [0, 0.05) is 23.3 Å². The molecule has 1 N–H and O–H groups in total. The Labute approximate surface area is 164 Å². The Hall–Kier alpha value is -2.27. The summed E-state index contributed by atoms with van der Waals surface area (Å²) in [4.78, 5) is 30.4. The van der Waals surface area contributed by atoms with Crippen LogP contribution in [-0.4, -0.2) is 41.0 Å². The number of nitrogens with zero attached hydrogens (tertiary/aromatic N) is 1. The number of hydrogen-bond donors (Lipinski definition) is 1. The normalized spacial score (nSPS) is 16.6. The van der Waals surface area contributed by atoms with E-state index in [1.807, 2.05) is 29.2 Å². The molecular weight excluding hydrogens is 364 g/mol. The number of aromatic nitrogens is 1. The predicted octanol–water partition coefficient (Wildman–Crippen LogP) is 4.31. The van der Waals surface area contributed by atoms with Gasteiger partial charge in [0.1, 0.15) is 5.69 Å². The number of likely N-dealkylation sites (tertiary alicyclic amines) is 1. The van der Waals surface area contributed by atoms with Crippen LogP contribution >= 0.6 is 11.6 Å². The highest BCUT2D eigenvalue weighted by Crippen LogP contribution is 2.28. The lowest BCUT2D eigenvalue weighted by molar-refractivity contribution is 0.0525. The lowest BCUT2D eigenvalue weighted by Gasteiger charge is -2.25. The number of rotatable bonds is 5. The van der Waals surface area contributed by atoms with E-state index in [2.05, 4.69) is 4.98 Å². The van der Waals surface area contributed by atoms with Crippen LogP contribution in [-0.2, 0) is 11.2 Å². The van der Waals surface area contributed by atoms with Gasteiger partial charge in [-0.25, -0.2) is 4.79 Å². The lowest BCUT2D eigenvalue weighted by atomic mass is 10.0. The molecule has 1 unspecified atom stereocenters. The Kier molecular flexibility index (Phi) is 5.90. The average Bonchev–Trinajstić information content (AvgIpc) is 3.21. The molecule has 1 aliphatic heterocycles. The fourth-order valence-electron chi connectivity index (χ4n) is 3.85. The average molecular weight is 389 g/mol. The van der Waals surface area contributed by atoms with Gasteiger partial charge in [-0.15, -0.1) is 0 Å². The molecule has 0 saturated carbocycles. The van der Waals surface area contributed by atoms with Crippen LogP contribution in [0.2, 0.25) is 5.02 Å². The minimum atomic E-state index is -0.392. The number of amides is 1. The SMILES string of the molecule is CCOC(=O)c1c(C)[nH]c(C(=O)N2CCCC2Cc2ccccc2Cl)c1C. The minimum Gasteiger partial charge on any atom is -0.462 e. The fraction of sp³-hybridized carbons (Fsp3) is 0.429. The quantitative estimate of drug-likeness (QED) is 0.776. The van der Waals surface area contributed by atoms with Crippen molar-refractivity contribution in [3.8, 4) is 0 Å². The number of H-pyrrole nitrogens is 1. The molecule has 144 valence electrons. The molecule has 1 saturated heterocycles. The number of hydrogen-bond acceptors (Lipinski definition) is 3. The summed E-state index contributed by atoms with van der Waals surface area (Å²) in [5, 5.41) is 0.730. The van der Waals surface area contributed by atoms with Gasteiger partial charge in [-0.3, -0.25) is 4.79 Å². The Morgan fingerprint density at radius 1 is 1.30 bits per heavy atom. The number of carbonyl (C=O) groups is 2. The van der Waals surface area contributed by atoms with Crippen molar-refractivity contribution in [2.75, 3.05) is 13.2 Å². The first-order chi connectivity index (χ1) is 12.9. The van der Waals surface area contributed by atoms with Crippen molar-refractivity contribution in [1.29, 1.82) is 0 Å². The van der Waals surface area contributed by atoms with Gasteiger partial charge < -0.3 is 14.6 Å². The Bertz CT molecular complexity index is 859. The van der Waals surface area contributed by atoms with Crippen LogP contribution in [0.4, 0.5) is 0 Å². The minimum absolute atomic E-state index is 0.0688. The maximum Gasteiger partial charge on any atom is 0.340 e. The highest BCUT2D eigenvalue weighted by molar-refractivity contribution is 6.31. The highest BCUT2D eigenvalue weighted by atomic mass is 35.5. The molecule has 1 aromatic heterocycles. The zero-order chi connectivity index (χ0) is 19.6. The second kappa shape index (κ2) is 8.17. The summed E-state index contributed by atoms with van der Waals surface area (Å²) in [5.74, 6) is -0.461. The molecule has 0 aliphatic carbocycles. The van der Waals surface area contributed by atoms with Crippen molar-refractivity contribution in [1.82, 2.24) is 9.88 Å². The molecule has 1 aliphatic rings. The molecule has 1 amide bonds. The summed E-state index contributed by atoms with van der Waals surface area (Å²) >= 11 is 6.30. The third-order valence-electron chi connectivity index (χ3n) is 5.18. The molecule has 3 rings (SSSR count). The van der Waals surface area contributed by atoms with E-state index in [9.17, 15) is 9.59 Å². The van der Waals surface area contributed by atoms with E-state index >= 15 is 0 Å². The number of carbonyl (C=O) groups excluding carboxylic acids is 2. The summed E-state index contributed by atoms with van der Waals surface area (Å²) in [6.45, 7) is 6.37. The maximum atomic E-state index is 13.2. The molecule has 2 heterocycles. The topological polar surface area (TPSA) is 62.4 Å². The van der Waals surface area contributed by atoms with Gasteiger partial charge in [-0.05, 0) is 57.2 Å².